The quantitative estimate of drug-likeness (QED) is 0.817. The van der Waals surface area contributed by atoms with Gasteiger partial charge in [-0.25, -0.2) is 0 Å². The molecule has 2 fully saturated rings. The molecule has 1 aromatic rings. The second kappa shape index (κ2) is 7.62. The van der Waals surface area contributed by atoms with Crippen molar-refractivity contribution in [2.45, 2.75) is 13.3 Å². The van der Waals surface area contributed by atoms with Crippen molar-refractivity contribution in [3.8, 4) is 5.75 Å². The lowest BCUT2D eigenvalue weighted by Gasteiger charge is -2.35. The maximum Gasteiger partial charge on any atom is 0.228 e. The van der Waals surface area contributed by atoms with Crippen LogP contribution in [0.3, 0.4) is 0 Å². The molecule has 2 aliphatic rings. The topological polar surface area (TPSA) is 53.1 Å². The predicted octanol–water partition coefficient (Wildman–Crippen LogP) is 1.87. The molecule has 0 spiro atoms. The number of likely N-dealkylation sites (N-methyl/N-ethyl adjacent to an activating group) is 1. The van der Waals surface area contributed by atoms with E-state index in [0.29, 0.717) is 23.0 Å². The molecule has 136 valence electrons. The number of amides is 2. The molecular weight excluding hydrogens is 342 g/mol. The van der Waals surface area contributed by atoms with E-state index in [1.54, 1.807) is 30.2 Å². The molecule has 0 radical (unpaired) electrons. The summed E-state index contributed by atoms with van der Waals surface area (Å²) < 4.78 is 5.15. The summed E-state index contributed by atoms with van der Waals surface area (Å²) >= 11 is 6.16. The number of hydrogen-bond acceptors (Lipinski definition) is 4. The van der Waals surface area contributed by atoms with Crippen LogP contribution in [0.1, 0.15) is 13.3 Å². The summed E-state index contributed by atoms with van der Waals surface area (Å²) in [5.41, 5.74) is 0.710. The van der Waals surface area contributed by atoms with Gasteiger partial charge in [-0.1, -0.05) is 18.5 Å². The Labute approximate surface area is 153 Å². The number of rotatable bonds is 4. The minimum Gasteiger partial charge on any atom is -0.495 e. The van der Waals surface area contributed by atoms with Crippen LogP contribution in [0, 0.1) is 5.92 Å². The van der Waals surface area contributed by atoms with E-state index in [1.807, 2.05) is 4.90 Å². The summed E-state index contributed by atoms with van der Waals surface area (Å²) in [6.45, 7) is 6.84. The number of methoxy groups -OCH3 is 1. The Morgan fingerprint density at radius 3 is 2.60 bits per heavy atom. The third-order valence-corrected chi connectivity index (χ3v) is 5.35. The monoisotopic (exact) mass is 365 g/mol. The highest BCUT2D eigenvalue weighted by Gasteiger charge is 2.38. The molecule has 0 aromatic heterocycles. The number of nitrogens with zero attached hydrogens (tertiary/aromatic N) is 3. The first-order valence-corrected chi connectivity index (χ1v) is 9.06. The molecule has 1 aromatic carbocycles. The van der Waals surface area contributed by atoms with Crippen molar-refractivity contribution in [3.63, 3.8) is 0 Å². The van der Waals surface area contributed by atoms with Crippen LogP contribution in [0.25, 0.3) is 0 Å². The second-order valence-electron chi connectivity index (χ2n) is 6.48. The third-order valence-electron chi connectivity index (χ3n) is 5.05. The molecule has 2 aliphatic heterocycles. The first kappa shape index (κ1) is 18.0. The van der Waals surface area contributed by atoms with Crippen LogP contribution in [0.4, 0.5) is 5.69 Å². The molecule has 2 saturated heterocycles. The van der Waals surface area contributed by atoms with Gasteiger partial charge in [0, 0.05) is 44.8 Å². The number of carbonyl (C=O) groups is 2. The Balaban J connectivity index is 1.66. The van der Waals surface area contributed by atoms with E-state index >= 15 is 0 Å². The molecule has 0 saturated carbocycles. The zero-order valence-corrected chi connectivity index (χ0v) is 15.5. The van der Waals surface area contributed by atoms with Gasteiger partial charge in [0.15, 0.2) is 0 Å². The van der Waals surface area contributed by atoms with Crippen LogP contribution in [0.5, 0.6) is 5.75 Å². The van der Waals surface area contributed by atoms with E-state index in [4.69, 9.17) is 16.3 Å². The van der Waals surface area contributed by atoms with Crippen molar-refractivity contribution >= 4 is 29.1 Å². The molecule has 2 heterocycles. The maximum absolute atomic E-state index is 12.8. The van der Waals surface area contributed by atoms with Gasteiger partial charge in [0.25, 0.3) is 0 Å². The van der Waals surface area contributed by atoms with Crippen LogP contribution >= 0.6 is 11.6 Å². The lowest BCUT2D eigenvalue weighted by Crippen LogP contribution is -2.50. The SMILES string of the molecule is CCN1CCN(C(=O)C2CC(=O)N(c3ccc(OC)c(Cl)c3)C2)CC1. The van der Waals surface area contributed by atoms with E-state index in [2.05, 4.69) is 11.8 Å². The summed E-state index contributed by atoms with van der Waals surface area (Å²) in [6.07, 6.45) is 0.260. The molecule has 7 heteroatoms. The molecule has 3 rings (SSSR count). The lowest BCUT2D eigenvalue weighted by atomic mass is 10.1. The van der Waals surface area contributed by atoms with Crippen LogP contribution < -0.4 is 9.64 Å². The standard InChI is InChI=1S/C18H24ClN3O3/c1-3-20-6-8-21(9-7-20)18(24)13-10-17(23)22(12-13)14-4-5-16(25-2)15(19)11-14/h4-5,11,13H,3,6-10,12H2,1-2H3. The van der Waals surface area contributed by atoms with Crippen molar-refractivity contribution in [1.82, 2.24) is 9.80 Å². The van der Waals surface area contributed by atoms with Gasteiger partial charge in [0.1, 0.15) is 5.75 Å². The Kier molecular flexibility index (Phi) is 5.49. The highest BCUT2D eigenvalue weighted by Crippen LogP contribution is 2.32. The van der Waals surface area contributed by atoms with Crippen molar-refractivity contribution in [3.05, 3.63) is 23.2 Å². The molecule has 25 heavy (non-hydrogen) atoms. The van der Waals surface area contributed by atoms with E-state index in [9.17, 15) is 9.59 Å². The van der Waals surface area contributed by atoms with Crippen LogP contribution in [-0.4, -0.2) is 68.0 Å². The summed E-state index contributed by atoms with van der Waals surface area (Å²) in [4.78, 5) is 31.1. The van der Waals surface area contributed by atoms with Gasteiger partial charge in [-0.3, -0.25) is 9.59 Å². The third kappa shape index (κ3) is 3.75. The van der Waals surface area contributed by atoms with Gasteiger partial charge in [0.05, 0.1) is 18.1 Å². The fourth-order valence-electron chi connectivity index (χ4n) is 3.49. The van der Waals surface area contributed by atoms with Gasteiger partial charge in [0.2, 0.25) is 11.8 Å². The highest BCUT2D eigenvalue weighted by molar-refractivity contribution is 6.32. The molecule has 0 N–H and O–H groups in total. The minimum absolute atomic E-state index is 0.0354. The first-order valence-electron chi connectivity index (χ1n) is 8.68. The predicted molar refractivity (Wildman–Crippen MR) is 97.2 cm³/mol. The smallest absolute Gasteiger partial charge is 0.228 e. The van der Waals surface area contributed by atoms with Gasteiger partial charge in [-0.15, -0.1) is 0 Å². The summed E-state index contributed by atoms with van der Waals surface area (Å²) in [5, 5.41) is 0.457. The van der Waals surface area contributed by atoms with E-state index in [1.165, 1.54) is 0 Å². The zero-order chi connectivity index (χ0) is 18.0. The first-order chi connectivity index (χ1) is 12.0. The van der Waals surface area contributed by atoms with Crippen LogP contribution in [-0.2, 0) is 9.59 Å². The molecule has 1 unspecified atom stereocenters. The highest BCUT2D eigenvalue weighted by atomic mass is 35.5. The Hall–Kier alpha value is -1.79. The van der Waals surface area contributed by atoms with Gasteiger partial charge in [-0.2, -0.15) is 0 Å². The molecule has 1 atom stereocenters. The summed E-state index contributed by atoms with van der Waals surface area (Å²) in [7, 11) is 1.55. The molecule has 6 nitrogen and oxygen atoms in total. The molecule has 2 amide bonds. The molecule has 0 bridgehead atoms. The van der Waals surface area contributed by atoms with E-state index < -0.39 is 0 Å². The average Bonchev–Trinajstić information content (AvgIpc) is 3.03. The number of carbonyl (C=O) groups excluding carboxylic acids is 2. The Morgan fingerprint density at radius 1 is 1.28 bits per heavy atom. The maximum atomic E-state index is 12.8. The second-order valence-corrected chi connectivity index (χ2v) is 6.89. The van der Waals surface area contributed by atoms with Crippen LogP contribution in [0.15, 0.2) is 18.2 Å². The van der Waals surface area contributed by atoms with Crippen molar-refractivity contribution < 1.29 is 14.3 Å². The minimum atomic E-state index is -0.276. The van der Waals surface area contributed by atoms with Gasteiger partial charge >= 0.3 is 0 Å². The molecular formula is C18H24ClN3O3. The number of piperazine rings is 1. The average molecular weight is 366 g/mol. The number of anilines is 1. The summed E-state index contributed by atoms with van der Waals surface area (Å²) in [5.74, 6) is 0.345. The Morgan fingerprint density at radius 2 is 2.00 bits per heavy atom. The summed E-state index contributed by atoms with van der Waals surface area (Å²) in [6, 6.07) is 5.25. The zero-order valence-electron chi connectivity index (χ0n) is 14.7. The number of benzene rings is 1. The molecule has 0 aliphatic carbocycles. The van der Waals surface area contributed by atoms with E-state index in [-0.39, 0.29) is 24.2 Å². The number of halogens is 1. The van der Waals surface area contributed by atoms with Crippen molar-refractivity contribution in [2.24, 2.45) is 5.92 Å². The number of ether oxygens (including phenoxy) is 1. The largest absolute Gasteiger partial charge is 0.495 e. The van der Waals surface area contributed by atoms with Crippen molar-refractivity contribution in [1.29, 1.82) is 0 Å². The normalized spacial score (nSPS) is 21.7. The van der Waals surface area contributed by atoms with Gasteiger partial charge < -0.3 is 19.4 Å². The fraction of sp³-hybridized carbons (Fsp3) is 0.556. The lowest BCUT2D eigenvalue weighted by molar-refractivity contribution is -0.137. The van der Waals surface area contributed by atoms with Crippen LogP contribution in [0.2, 0.25) is 5.02 Å². The van der Waals surface area contributed by atoms with Gasteiger partial charge in [-0.05, 0) is 24.7 Å². The fourth-order valence-corrected chi connectivity index (χ4v) is 3.74. The van der Waals surface area contributed by atoms with Crippen molar-refractivity contribution in [2.75, 3.05) is 51.3 Å². The Bertz CT molecular complexity index is 659. The van der Waals surface area contributed by atoms with E-state index in [0.717, 1.165) is 32.7 Å². The number of hydrogen-bond donors (Lipinski definition) is 0.